The first-order chi connectivity index (χ1) is 5.30. The molecule has 0 rings (SSSR count). The molecular formula is C9H17NO2. The van der Waals surface area contributed by atoms with E-state index in [1.165, 1.54) is 0 Å². The Labute approximate surface area is 73.3 Å². The van der Waals surface area contributed by atoms with Crippen LogP contribution >= 0.6 is 0 Å². The van der Waals surface area contributed by atoms with Crippen molar-refractivity contribution in [3.63, 3.8) is 0 Å². The van der Waals surface area contributed by atoms with Gasteiger partial charge in [-0.1, -0.05) is 20.4 Å². The maximum atomic E-state index is 10.8. The Balaban J connectivity index is 4.63. The number of hydrogen-bond donors (Lipinski definition) is 2. The van der Waals surface area contributed by atoms with Crippen molar-refractivity contribution < 1.29 is 9.90 Å². The smallest absolute Gasteiger partial charge is 0.327 e. The van der Waals surface area contributed by atoms with Gasteiger partial charge in [-0.25, -0.2) is 4.79 Å². The van der Waals surface area contributed by atoms with E-state index in [1.54, 1.807) is 6.92 Å². The molecule has 0 aliphatic heterocycles. The van der Waals surface area contributed by atoms with Gasteiger partial charge >= 0.3 is 5.97 Å². The first kappa shape index (κ1) is 11.2. The monoisotopic (exact) mass is 171 g/mol. The Kier molecular flexibility index (Phi) is 3.46. The van der Waals surface area contributed by atoms with Gasteiger partial charge in [-0.3, -0.25) is 0 Å². The van der Waals surface area contributed by atoms with E-state index in [1.807, 2.05) is 13.8 Å². The van der Waals surface area contributed by atoms with Crippen LogP contribution < -0.4 is 5.73 Å². The van der Waals surface area contributed by atoms with Gasteiger partial charge in [0, 0.05) is 0 Å². The molecule has 0 aromatic rings. The molecule has 0 aliphatic rings. The van der Waals surface area contributed by atoms with Crippen molar-refractivity contribution >= 4 is 5.97 Å². The van der Waals surface area contributed by atoms with E-state index >= 15 is 0 Å². The number of aliphatic carboxylic acids is 1. The Morgan fingerprint density at radius 1 is 1.67 bits per heavy atom. The van der Waals surface area contributed by atoms with Crippen molar-refractivity contribution in [1.82, 2.24) is 0 Å². The second-order valence-corrected chi connectivity index (χ2v) is 3.65. The van der Waals surface area contributed by atoms with Crippen molar-refractivity contribution in [2.75, 3.05) is 0 Å². The third-order valence-corrected chi connectivity index (χ3v) is 1.87. The molecule has 0 aliphatic carbocycles. The minimum atomic E-state index is -1.26. The molecule has 0 amide bonds. The molecule has 12 heavy (non-hydrogen) atoms. The lowest BCUT2D eigenvalue weighted by Crippen LogP contribution is -2.49. The van der Waals surface area contributed by atoms with Gasteiger partial charge in [0.05, 0.1) is 0 Å². The van der Waals surface area contributed by atoms with E-state index in [0.29, 0.717) is 12.0 Å². The molecule has 70 valence electrons. The third-order valence-electron chi connectivity index (χ3n) is 1.87. The van der Waals surface area contributed by atoms with Gasteiger partial charge in [0.1, 0.15) is 5.54 Å². The largest absolute Gasteiger partial charge is 0.480 e. The van der Waals surface area contributed by atoms with Gasteiger partial charge in [-0.2, -0.15) is 0 Å². The Morgan fingerprint density at radius 3 is 2.17 bits per heavy atom. The minimum Gasteiger partial charge on any atom is -0.480 e. The fourth-order valence-corrected chi connectivity index (χ4v) is 1.09. The predicted molar refractivity (Wildman–Crippen MR) is 48.8 cm³/mol. The zero-order valence-electron chi connectivity index (χ0n) is 7.92. The van der Waals surface area contributed by atoms with Crippen LogP contribution in [-0.2, 0) is 4.79 Å². The summed E-state index contributed by atoms with van der Waals surface area (Å²) >= 11 is 0. The van der Waals surface area contributed by atoms with Gasteiger partial charge in [-0.05, 0) is 24.8 Å². The molecule has 0 fully saturated rings. The molecular weight excluding hydrogens is 154 g/mol. The normalized spacial score (nSPS) is 15.8. The SMILES string of the molecule is C=C(C)C(N)(CC(C)C)C(=O)O. The van der Waals surface area contributed by atoms with Gasteiger partial charge in [0.15, 0.2) is 0 Å². The molecule has 1 unspecified atom stereocenters. The molecule has 0 saturated carbocycles. The van der Waals surface area contributed by atoms with E-state index in [0.717, 1.165) is 0 Å². The molecule has 0 saturated heterocycles. The summed E-state index contributed by atoms with van der Waals surface area (Å²) in [5.74, 6) is -0.744. The Bertz CT molecular complexity index is 183. The summed E-state index contributed by atoms with van der Waals surface area (Å²) < 4.78 is 0. The maximum Gasteiger partial charge on any atom is 0.327 e. The number of carbonyl (C=O) groups is 1. The van der Waals surface area contributed by atoms with Crippen molar-refractivity contribution in [2.24, 2.45) is 11.7 Å². The first-order valence-electron chi connectivity index (χ1n) is 3.99. The summed E-state index contributed by atoms with van der Waals surface area (Å²) in [5.41, 5.74) is 4.93. The van der Waals surface area contributed by atoms with Gasteiger partial charge in [-0.15, -0.1) is 0 Å². The summed E-state index contributed by atoms with van der Waals surface area (Å²) in [7, 11) is 0. The molecule has 0 spiro atoms. The van der Waals surface area contributed by atoms with E-state index in [4.69, 9.17) is 10.8 Å². The van der Waals surface area contributed by atoms with Gasteiger partial charge in [0.2, 0.25) is 0 Å². The Morgan fingerprint density at radius 2 is 2.08 bits per heavy atom. The van der Waals surface area contributed by atoms with Crippen LogP contribution in [0.4, 0.5) is 0 Å². The highest BCUT2D eigenvalue weighted by Crippen LogP contribution is 2.21. The molecule has 3 N–H and O–H groups in total. The second kappa shape index (κ2) is 3.72. The number of carboxylic acid groups (broad SMARTS) is 1. The van der Waals surface area contributed by atoms with Crippen molar-refractivity contribution in [1.29, 1.82) is 0 Å². The average Bonchev–Trinajstić information content (AvgIpc) is 1.84. The highest BCUT2D eigenvalue weighted by atomic mass is 16.4. The van der Waals surface area contributed by atoms with Crippen LogP contribution in [-0.4, -0.2) is 16.6 Å². The van der Waals surface area contributed by atoms with Gasteiger partial charge in [0.25, 0.3) is 0 Å². The van der Waals surface area contributed by atoms with E-state index < -0.39 is 11.5 Å². The van der Waals surface area contributed by atoms with E-state index in [-0.39, 0.29) is 5.92 Å². The quantitative estimate of drug-likeness (QED) is 0.628. The maximum absolute atomic E-state index is 10.8. The standard InChI is InChI=1S/C9H17NO2/c1-6(2)5-9(10,7(3)4)8(11)12/h6H,3,5,10H2,1-2,4H3,(H,11,12). The minimum absolute atomic E-state index is 0.253. The topological polar surface area (TPSA) is 63.3 Å². The summed E-state index contributed by atoms with van der Waals surface area (Å²) in [6.07, 6.45) is 0.428. The zero-order chi connectivity index (χ0) is 9.94. The fourth-order valence-electron chi connectivity index (χ4n) is 1.09. The van der Waals surface area contributed by atoms with Crippen LogP contribution in [0.25, 0.3) is 0 Å². The molecule has 0 heterocycles. The molecule has 0 aromatic heterocycles. The molecule has 1 atom stereocenters. The van der Waals surface area contributed by atoms with Crippen LogP contribution in [0.2, 0.25) is 0 Å². The average molecular weight is 171 g/mol. The second-order valence-electron chi connectivity index (χ2n) is 3.65. The number of nitrogens with two attached hydrogens (primary N) is 1. The van der Waals surface area contributed by atoms with Crippen molar-refractivity contribution in [2.45, 2.75) is 32.7 Å². The number of carboxylic acids is 1. The first-order valence-corrected chi connectivity index (χ1v) is 3.99. The van der Waals surface area contributed by atoms with Crippen LogP contribution in [0.1, 0.15) is 27.2 Å². The Hall–Kier alpha value is -0.830. The summed E-state index contributed by atoms with van der Waals surface area (Å²) in [6.45, 7) is 9.12. The summed E-state index contributed by atoms with van der Waals surface area (Å²) in [6, 6.07) is 0. The number of hydrogen-bond acceptors (Lipinski definition) is 2. The molecule has 0 radical (unpaired) electrons. The highest BCUT2D eigenvalue weighted by Gasteiger charge is 2.35. The predicted octanol–water partition coefficient (Wildman–Crippen LogP) is 1.39. The lowest BCUT2D eigenvalue weighted by Gasteiger charge is -2.26. The van der Waals surface area contributed by atoms with Gasteiger partial charge < -0.3 is 10.8 Å². The molecule has 0 bridgehead atoms. The highest BCUT2D eigenvalue weighted by molar-refractivity contribution is 5.82. The zero-order valence-corrected chi connectivity index (χ0v) is 7.92. The van der Waals surface area contributed by atoms with Crippen molar-refractivity contribution in [3.05, 3.63) is 12.2 Å². The molecule has 3 heteroatoms. The third kappa shape index (κ3) is 2.34. The lowest BCUT2D eigenvalue weighted by atomic mass is 9.84. The summed E-state index contributed by atoms with van der Waals surface area (Å²) in [4.78, 5) is 10.8. The number of rotatable bonds is 4. The van der Waals surface area contributed by atoms with E-state index in [9.17, 15) is 4.79 Å². The molecule has 0 aromatic carbocycles. The van der Waals surface area contributed by atoms with Crippen LogP contribution in [0.15, 0.2) is 12.2 Å². The molecule has 3 nitrogen and oxygen atoms in total. The van der Waals surface area contributed by atoms with Crippen LogP contribution in [0.5, 0.6) is 0 Å². The lowest BCUT2D eigenvalue weighted by molar-refractivity contribution is -0.142. The van der Waals surface area contributed by atoms with E-state index in [2.05, 4.69) is 6.58 Å². The van der Waals surface area contributed by atoms with Crippen LogP contribution in [0.3, 0.4) is 0 Å². The summed E-state index contributed by atoms with van der Waals surface area (Å²) in [5, 5.41) is 8.87. The van der Waals surface area contributed by atoms with Crippen LogP contribution in [0, 0.1) is 5.92 Å². The van der Waals surface area contributed by atoms with Crippen molar-refractivity contribution in [3.8, 4) is 0 Å². The fraction of sp³-hybridized carbons (Fsp3) is 0.667.